The number of nitrogen functional groups attached to an aromatic ring is 1. The molecule has 4 nitrogen and oxygen atoms in total. The molecule has 0 unspecified atom stereocenters. The number of aryl methyl sites for hydroxylation is 1. The molecule has 0 saturated heterocycles. The van der Waals surface area contributed by atoms with Crippen LogP contribution in [-0.4, -0.2) is 22.8 Å². The smallest absolute Gasteiger partial charge is 0.270 e. The van der Waals surface area contributed by atoms with Crippen LogP contribution in [-0.2, 0) is 6.54 Å². The number of hydrogen-bond donors (Lipinski definition) is 2. The van der Waals surface area contributed by atoms with Gasteiger partial charge >= 0.3 is 0 Å². The molecule has 0 fully saturated rings. The predicted molar refractivity (Wildman–Crippen MR) is 87.6 cm³/mol. The average molecular weight is 299 g/mol. The molecule has 2 aromatic heterocycles. The van der Waals surface area contributed by atoms with Gasteiger partial charge in [-0.15, -0.1) is 11.3 Å². The molecule has 2 heterocycles. The lowest BCUT2D eigenvalue weighted by atomic mass is 10.2. The number of anilines is 1. The molecule has 3 rings (SSSR count). The minimum Gasteiger partial charge on any atom is -0.397 e. The Morgan fingerprint density at radius 1 is 1.38 bits per heavy atom. The van der Waals surface area contributed by atoms with Gasteiger partial charge in [0.05, 0.1) is 17.7 Å². The van der Waals surface area contributed by atoms with Gasteiger partial charge in [0, 0.05) is 17.3 Å². The number of benzene rings is 1. The predicted octanol–water partition coefficient (Wildman–Crippen LogP) is 3.39. The maximum Gasteiger partial charge on any atom is 0.270 e. The number of nitrogens with zero attached hydrogens (tertiary/aromatic N) is 1. The first-order valence-corrected chi connectivity index (χ1v) is 7.60. The highest BCUT2D eigenvalue weighted by Crippen LogP contribution is 2.23. The summed E-state index contributed by atoms with van der Waals surface area (Å²) >= 11 is 1.67. The van der Waals surface area contributed by atoms with Crippen LogP contribution in [0.15, 0.2) is 35.7 Å². The SMILES string of the molecule is Cc1ccsc1CN(C)C(=O)c1cc2cccc(N)c2[nH]1. The van der Waals surface area contributed by atoms with Crippen LogP contribution in [0.3, 0.4) is 0 Å². The van der Waals surface area contributed by atoms with Crippen molar-refractivity contribution in [3.63, 3.8) is 0 Å². The Labute approximate surface area is 127 Å². The average Bonchev–Trinajstić information content (AvgIpc) is 3.06. The molecule has 3 aromatic rings. The van der Waals surface area contributed by atoms with Crippen molar-refractivity contribution in [3.05, 3.63) is 51.8 Å². The fourth-order valence-corrected chi connectivity index (χ4v) is 3.31. The lowest BCUT2D eigenvalue weighted by Gasteiger charge is -2.15. The molecule has 0 aliphatic rings. The topological polar surface area (TPSA) is 62.1 Å². The zero-order chi connectivity index (χ0) is 15.0. The van der Waals surface area contributed by atoms with Crippen molar-refractivity contribution in [3.8, 4) is 0 Å². The Bertz CT molecular complexity index is 803. The molecule has 1 aromatic carbocycles. The van der Waals surface area contributed by atoms with E-state index in [1.165, 1.54) is 10.4 Å². The minimum atomic E-state index is -0.0293. The largest absolute Gasteiger partial charge is 0.397 e. The number of nitrogens with two attached hydrogens (primary N) is 1. The Balaban J connectivity index is 1.86. The Kier molecular flexibility index (Phi) is 3.43. The van der Waals surface area contributed by atoms with Gasteiger partial charge in [0.25, 0.3) is 5.91 Å². The van der Waals surface area contributed by atoms with Crippen LogP contribution in [0.2, 0.25) is 0 Å². The van der Waals surface area contributed by atoms with E-state index in [-0.39, 0.29) is 5.91 Å². The van der Waals surface area contributed by atoms with E-state index >= 15 is 0 Å². The van der Waals surface area contributed by atoms with Crippen LogP contribution in [0, 0.1) is 6.92 Å². The van der Waals surface area contributed by atoms with E-state index in [0.717, 1.165) is 10.9 Å². The summed E-state index contributed by atoms with van der Waals surface area (Å²) in [5, 5.41) is 3.01. The molecule has 0 aliphatic carbocycles. The molecule has 5 heteroatoms. The molecular formula is C16H17N3OS. The lowest BCUT2D eigenvalue weighted by Crippen LogP contribution is -2.26. The molecule has 0 spiro atoms. The standard InChI is InChI=1S/C16H17N3OS/c1-10-6-7-21-14(10)9-19(2)16(20)13-8-11-4-3-5-12(17)15(11)18-13/h3-8,18H,9,17H2,1-2H3. The van der Waals surface area contributed by atoms with E-state index in [4.69, 9.17) is 5.73 Å². The van der Waals surface area contributed by atoms with E-state index in [1.54, 1.807) is 16.2 Å². The van der Waals surface area contributed by atoms with Crippen LogP contribution in [0.1, 0.15) is 20.9 Å². The van der Waals surface area contributed by atoms with Crippen molar-refractivity contribution in [2.24, 2.45) is 0 Å². The summed E-state index contributed by atoms with van der Waals surface area (Å²) in [6.45, 7) is 2.68. The van der Waals surface area contributed by atoms with Crippen molar-refractivity contribution in [2.75, 3.05) is 12.8 Å². The van der Waals surface area contributed by atoms with Gasteiger partial charge in [-0.1, -0.05) is 12.1 Å². The zero-order valence-electron chi connectivity index (χ0n) is 12.0. The Morgan fingerprint density at radius 3 is 2.86 bits per heavy atom. The molecule has 3 N–H and O–H groups in total. The third-order valence-corrected chi connectivity index (χ3v) is 4.62. The van der Waals surface area contributed by atoms with Crippen LogP contribution < -0.4 is 5.73 Å². The minimum absolute atomic E-state index is 0.0293. The van der Waals surface area contributed by atoms with Gasteiger partial charge in [0.2, 0.25) is 0 Å². The molecule has 0 aliphatic heterocycles. The summed E-state index contributed by atoms with van der Waals surface area (Å²) in [4.78, 5) is 18.6. The monoisotopic (exact) mass is 299 g/mol. The van der Waals surface area contributed by atoms with Crippen molar-refractivity contribution in [2.45, 2.75) is 13.5 Å². The van der Waals surface area contributed by atoms with E-state index < -0.39 is 0 Å². The first kappa shape index (κ1) is 13.7. The molecule has 21 heavy (non-hydrogen) atoms. The second kappa shape index (κ2) is 5.26. The maximum atomic E-state index is 12.5. The number of thiophene rings is 1. The van der Waals surface area contributed by atoms with Crippen LogP contribution >= 0.6 is 11.3 Å². The van der Waals surface area contributed by atoms with Crippen LogP contribution in [0.5, 0.6) is 0 Å². The fourth-order valence-electron chi connectivity index (χ4n) is 2.35. The third-order valence-electron chi connectivity index (χ3n) is 3.61. The first-order chi connectivity index (χ1) is 10.1. The molecule has 1 amide bonds. The number of fused-ring (bicyclic) bond motifs is 1. The van der Waals surface area contributed by atoms with Crippen molar-refractivity contribution in [1.82, 2.24) is 9.88 Å². The number of carbonyl (C=O) groups excluding carboxylic acids is 1. The zero-order valence-corrected chi connectivity index (χ0v) is 12.8. The number of rotatable bonds is 3. The second-order valence-corrected chi connectivity index (χ2v) is 6.18. The van der Waals surface area contributed by atoms with Gasteiger partial charge in [-0.3, -0.25) is 4.79 Å². The van der Waals surface area contributed by atoms with Crippen LogP contribution in [0.25, 0.3) is 10.9 Å². The number of hydrogen-bond acceptors (Lipinski definition) is 3. The number of amides is 1. The van der Waals surface area contributed by atoms with E-state index in [2.05, 4.69) is 18.0 Å². The Hall–Kier alpha value is -2.27. The van der Waals surface area contributed by atoms with E-state index in [9.17, 15) is 4.79 Å². The van der Waals surface area contributed by atoms with E-state index in [1.807, 2.05) is 36.7 Å². The van der Waals surface area contributed by atoms with Gasteiger partial charge in [0.1, 0.15) is 5.69 Å². The van der Waals surface area contributed by atoms with Gasteiger partial charge < -0.3 is 15.6 Å². The summed E-state index contributed by atoms with van der Waals surface area (Å²) in [5.74, 6) is -0.0293. The molecule has 108 valence electrons. The highest BCUT2D eigenvalue weighted by molar-refractivity contribution is 7.10. The summed E-state index contributed by atoms with van der Waals surface area (Å²) < 4.78 is 0. The van der Waals surface area contributed by atoms with Crippen molar-refractivity contribution in [1.29, 1.82) is 0 Å². The van der Waals surface area contributed by atoms with Crippen molar-refractivity contribution < 1.29 is 4.79 Å². The van der Waals surface area contributed by atoms with Crippen molar-refractivity contribution >= 4 is 33.8 Å². The molecular weight excluding hydrogens is 282 g/mol. The maximum absolute atomic E-state index is 12.5. The number of H-pyrrole nitrogens is 1. The summed E-state index contributed by atoms with van der Waals surface area (Å²) in [6.07, 6.45) is 0. The van der Waals surface area contributed by atoms with E-state index in [0.29, 0.717) is 17.9 Å². The normalized spacial score (nSPS) is 11.0. The molecule has 0 saturated carbocycles. The Morgan fingerprint density at radius 2 is 2.19 bits per heavy atom. The highest BCUT2D eigenvalue weighted by atomic mass is 32.1. The van der Waals surface area contributed by atoms with Crippen LogP contribution in [0.4, 0.5) is 5.69 Å². The molecule has 0 atom stereocenters. The first-order valence-electron chi connectivity index (χ1n) is 6.72. The number of nitrogens with one attached hydrogen (secondary N) is 1. The number of para-hydroxylation sites is 1. The fraction of sp³-hybridized carbons (Fsp3) is 0.188. The number of aromatic amines is 1. The number of carbonyl (C=O) groups is 1. The highest BCUT2D eigenvalue weighted by Gasteiger charge is 2.16. The quantitative estimate of drug-likeness (QED) is 0.728. The molecule has 0 radical (unpaired) electrons. The van der Waals surface area contributed by atoms with Gasteiger partial charge in [-0.2, -0.15) is 0 Å². The van der Waals surface area contributed by atoms with Gasteiger partial charge in [-0.25, -0.2) is 0 Å². The number of aromatic nitrogens is 1. The summed E-state index contributed by atoms with van der Waals surface area (Å²) in [6, 6.07) is 9.58. The van der Waals surface area contributed by atoms with Gasteiger partial charge in [-0.05, 0) is 36.1 Å². The van der Waals surface area contributed by atoms with Gasteiger partial charge in [0.15, 0.2) is 0 Å². The lowest BCUT2D eigenvalue weighted by molar-refractivity contribution is 0.0781. The third kappa shape index (κ3) is 2.52. The summed E-state index contributed by atoms with van der Waals surface area (Å²) in [5.41, 5.74) is 9.19. The molecule has 0 bridgehead atoms. The second-order valence-electron chi connectivity index (χ2n) is 5.18. The summed E-state index contributed by atoms with van der Waals surface area (Å²) in [7, 11) is 1.82.